The Morgan fingerprint density at radius 1 is 0.925 bits per heavy atom. The van der Waals surface area contributed by atoms with Crippen molar-refractivity contribution in [1.29, 1.82) is 0 Å². The minimum atomic E-state index is -0.997. The van der Waals surface area contributed by atoms with Gasteiger partial charge in [0.25, 0.3) is 0 Å². The van der Waals surface area contributed by atoms with Gasteiger partial charge in [-0.15, -0.1) is 0 Å². The number of hydrogen-bond donors (Lipinski definition) is 3. The van der Waals surface area contributed by atoms with Gasteiger partial charge in [0.1, 0.15) is 0 Å². The van der Waals surface area contributed by atoms with E-state index in [1.54, 1.807) is 0 Å². The van der Waals surface area contributed by atoms with E-state index in [0.717, 1.165) is 33.3 Å². The molecule has 9 heteroatoms. The van der Waals surface area contributed by atoms with Crippen LogP contribution in [0.25, 0.3) is 11.0 Å². The molecule has 0 saturated carbocycles. The number of para-hydroxylation sites is 2. The van der Waals surface area contributed by atoms with Gasteiger partial charge in [0.05, 0.1) is 49.1 Å². The number of benzene rings is 3. The summed E-state index contributed by atoms with van der Waals surface area (Å²) >= 11 is 0. The highest BCUT2D eigenvalue weighted by molar-refractivity contribution is 5.80. The Kier molecular flexibility index (Phi) is 8.54. The number of amides is 1. The van der Waals surface area contributed by atoms with Crippen molar-refractivity contribution in [2.75, 3.05) is 0 Å². The molecule has 3 aromatic carbocycles. The largest absolute Gasteiger partial charge is 0.481 e. The third-order valence-electron chi connectivity index (χ3n) is 7.33. The lowest BCUT2D eigenvalue weighted by Gasteiger charge is -2.41. The second kappa shape index (κ2) is 12.4. The fourth-order valence-corrected chi connectivity index (χ4v) is 4.98. The third kappa shape index (κ3) is 6.39. The zero-order valence-corrected chi connectivity index (χ0v) is 22.3. The number of carbonyl (C=O) groups excluding carboxylic acids is 1. The Morgan fingerprint density at radius 3 is 2.35 bits per heavy atom. The van der Waals surface area contributed by atoms with Crippen molar-refractivity contribution < 1.29 is 29.3 Å². The molecule has 4 aromatic rings. The van der Waals surface area contributed by atoms with E-state index in [-0.39, 0.29) is 43.5 Å². The molecule has 1 fully saturated rings. The number of fused-ring (bicyclic) bond motifs is 1. The Balaban J connectivity index is 1.35. The molecule has 1 aliphatic heterocycles. The van der Waals surface area contributed by atoms with Crippen LogP contribution in [0.4, 0.5) is 0 Å². The van der Waals surface area contributed by atoms with E-state index >= 15 is 0 Å². The molecule has 40 heavy (non-hydrogen) atoms. The summed E-state index contributed by atoms with van der Waals surface area (Å²) in [6.45, 7) is 3.02. The van der Waals surface area contributed by atoms with E-state index < -0.39 is 12.3 Å². The highest BCUT2D eigenvalue weighted by atomic mass is 16.7. The number of rotatable bonds is 10. The molecule has 2 heterocycles. The summed E-state index contributed by atoms with van der Waals surface area (Å²) < 4.78 is 15.2. The van der Waals surface area contributed by atoms with Gasteiger partial charge in [-0.25, -0.2) is 4.98 Å². The molecule has 4 atom stereocenters. The zero-order chi connectivity index (χ0) is 28.1. The number of carboxylic acid groups (broad SMARTS) is 1. The molecular formula is C31H33N3O6. The van der Waals surface area contributed by atoms with Gasteiger partial charge in [-0.3, -0.25) is 9.59 Å². The summed E-state index contributed by atoms with van der Waals surface area (Å²) in [5.74, 6) is -1.27. The molecule has 1 amide bonds. The van der Waals surface area contributed by atoms with Crippen LogP contribution in [-0.2, 0) is 38.8 Å². The quantitative estimate of drug-likeness (QED) is 0.269. The van der Waals surface area contributed by atoms with Crippen molar-refractivity contribution in [2.24, 2.45) is 5.92 Å². The summed E-state index contributed by atoms with van der Waals surface area (Å²) in [6, 6.07) is 23.5. The summed E-state index contributed by atoms with van der Waals surface area (Å²) in [5, 5.41) is 21.0. The zero-order valence-electron chi connectivity index (χ0n) is 22.3. The van der Waals surface area contributed by atoms with E-state index in [4.69, 9.17) is 14.6 Å². The summed E-state index contributed by atoms with van der Waals surface area (Å²) in [4.78, 5) is 27.1. The van der Waals surface area contributed by atoms with Crippen LogP contribution in [0.1, 0.15) is 54.4 Å². The lowest BCUT2D eigenvalue weighted by molar-refractivity contribution is -0.276. The number of aromatic nitrogens is 2. The molecule has 1 aliphatic rings. The molecule has 208 valence electrons. The number of hydrogen-bond acceptors (Lipinski definition) is 6. The van der Waals surface area contributed by atoms with Crippen molar-refractivity contribution in [1.82, 2.24) is 14.9 Å². The van der Waals surface area contributed by atoms with E-state index in [9.17, 15) is 14.7 Å². The van der Waals surface area contributed by atoms with E-state index in [1.165, 1.54) is 0 Å². The second-order valence-electron chi connectivity index (χ2n) is 10.1. The van der Waals surface area contributed by atoms with Crippen LogP contribution in [0.15, 0.2) is 79.1 Å². The van der Waals surface area contributed by atoms with Crippen molar-refractivity contribution in [3.8, 4) is 0 Å². The van der Waals surface area contributed by atoms with Gasteiger partial charge in [-0.1, -0.05) is 67.6 Å². The Hall–Kier alpha value is -4.05. The minimum absolute atomic E-state index is 0.0181. The van der Waals surface area contributed by atoms with Gasteiger partial charge in [0, 0.05) is 24.4 Å². The van der Waals surface area contributed by atoms with E-state index in [1.807, 2.05) is 79.1 Å². The first kappa shape index (κ1) is 27.5. The number of aliphatic hydroxyl groups excluding tert-OH is 1. The normalized spacial score (nSPS) is 20.9. The van der Waals surface area contributed by atoms with Crippen molar-refractivity contribution in [3.05, 3.63) is 101 Å². The first-order chi connectivity index (χ1) is 19.4. The maximum atomic E-state index is 11.9. The molecule has 0 aliphatic carbocycles. The van der Waals surface area contributed by atoms with Crippen LogP contribution in [0.3, 0.4) is 0 Å². The first-order valence-electron chi connectivity index (χ1n) is 13.4. The maximum absolute atomic E-state index is 11.9. The molecule has 9 nitrogen and oxygen atoms in total. The van der Waals surface area contributed by atoms with Gasteiger partial charge in [0.15, 0.2) is 6.29 Å². The van der Waals surface area contributed by atoms with Crippen molar-refractivity contribution in [3.63, 3.8) is 0 Å². The summed E-state index contributed by atoms with van der Waals surface area (Å²) in [7, 11) is 0. The van der Waals surface area contributed by atoms with E-state index in [0.29, 0.717) is 13.1 Å². The topological polar surface area (TPSA) is 123 Å². The van der Waals surface area contributed by atoms with Crippen LogP contribution in [0, 0.1) is 5.92 Å². The molecule has 0 unspecified atom stereocenters. The van der Waals surface area contributed by atoms with Crippen molar-refractivity contribution >= 4 is 22.9 Å². The first-order valence-corrected chi connectivity index (χ1v) is 13.4. The molecule has 0 bridgehead atoms. The molecular weight excluding hydrogens is 510 g/mol. The van der Waals surface area contributed by atoms with Gasteiger partial charge in [-0.2, -0.15) is 0 Å². The van der Waals surface area contributed by atoms with Crippen LogP contribution in [0.5, 0.6) is 0 Å². The molecule has 1 saturated heterocycles. The number of aliphatic carboxylic acids is 1. The van der Waals surface area contributed by atoms with E-state index in [2.05, 4.69) is 21.8 Å². The fraction of sp³-hybridized carbons (Fsp3) is 0.323. The standard InChI is InChI=1S/C31H33N3O6/c1-20-27(17-34-19-33-25-4-2-3-5-26(25)34)39-31(40-30(20)23-10-8-22(18-35)9-11-23)24-12-6-21(7-13-24)16-32-28(36)14-15-29(37)38/h2-13,19-20,27,30-31,35H,14-18H2,1H3,(H,32,36)(H,37,38)/t20-,27+,30+,31+/m0/s1. The predicted octanol–water partition coefficient (Wildman–Crippen LogP) is 4.50. The number of imidazole rings is 1. The molecule has 3 N–H and O–H groups in total. The number of nitrogens with zero attached hydrogens (tertiary/aromatic N) is 2. The number of ether oxygens (including phenoxy) is 2. The molecule has 0 radical (unpaired) electrons. The lowest BCUT2D eigenvalue weighted by atomic mass is 9.90. The Bertz CT molecular complexity index is 1450. The number of nitrogens with one attached hydrogen (secondary N) is 1. The highest BCUT2D eigenvalue weighted by Gasteiger charge is 2.38. The van der Waals surface area contributed by atoms with Gasteiger partial charge in [-0.05, 0) is 28.8 Å². The smallest absolute Gasteiger partial charge is 0.303 e. The van der Waals surface area contributed by atoms with Crippen LogP contribution in [0.2, 0.25) is 0 Å². The average Bonchev–Trinajstić information content (AvgIpc) is 3.39. The maximum Gasteiger partial charge on any atom is 0.303 e. The second-order valence-corrected chi connectivity index (χ2v) is 10.1. The predicted molar refractivity (Wildman–Crippen MR) is 148 cm³/mol. The van der Waals surface area contributed by atoms with Crippen LogP contribution in [-0.4, -0.2) is 37.7 Å². The molecule has 0 spiro atoms. The number of aliphatic hydroxyl groups is 1. The summed E-state index contributed by atoms with van der Waals surface area (Å²) in [5.41, 5.74) is 5.56. The number of carbonyl (C=O) groups is 2. The SMILES string of the molecule is C[C@H]1[C@@H](Cn2cnc3ccccc32)O[C@@H](c2ccc(CNC(=O)CCC(=O)O)cc2)O[C@H]1c1ccc(CO)cc1. The van der Waals surface area contributed by atoms with Gasteiger partial charge >= 0.3 is 5.97 Å². The van der Waals surface area contributed by atoms with Gasteiger partial charge in [0.2, 0.25) is 5.91 Å². The van der Waals surface area contributed by atoms with Gasteiger partial charge < -0.3 is 29.6 Å². The lowest BCUT2D eigenvalue weighted by Crippen LogP contribution is -2.39. The summed E-state index contributed by atoms with van der Waals surface area (Å²) in [6.07, 6.45) is 0.572. The minimum Gasteiger partial charge on any atom is -0.481 e. The molecule has 5 rings (SSSR count). The van der Waals surface area contributed by atoms with Crippen LogP contribution >= 0.6 is 0 Å². The van der Waals surface area contributed by atoms with Crippen molar-refractivity contribution in [2.45, 2.75) is 58.0 Å². The fourth-order valence-electron chi connectivity index (χ4n) is 4.98. The Morgan fingerprint density at radius 2 is 1.62 bits per heavy atom. The average molecular weight is 544 g/mol. The monoisotopic (exact) mass is 543 g/mol. The highest BCUT2D eigenvalue weighted by Crippen LogP contribution is 2.42. The number of carboxylic acids is 1. The molecule has 1 aromatic heterocycles. The Labute approximate surface area is 232 Å². The third-order valence-corrected chi connectivity index (χ3v) is 7.33. The van der Waals surface area contributed by atoms with Crippen LogP contribution < -0.4 is 5.32 Å².